The van der Waals surface area contributed by atoms with E-state index in [1.54, 1.807) is 12.1 Å². The summed E-state index contributed by atoms with van der Waals surface area (Å²) in [5, 5.41) is 0. The van der Waals surface area contributed by atoms with E-state index in [9.17, 15) is 18.0 Å². The molecule has 0 radical (unpaired) electrons. The summed E-state index contributed by atoms with van der Waals surface area (Å²) in [5.74, 6) is -0.599. The van der Waals surface area contributed by atoms with Crippen LogP contribution in [0.15, 0.2) is 33.7 Å². The maximum absolute atomic E-state index is 12.2. The molecule has 2 aromatic rings. The number of nitrogens with zero attached hydrogens (tertiary/aromatic N) is 2. The van der Waals surface area contributed by atoms with Crippen LogP contribution in [0.4, 0.5) is 13.2 Å². The van der Waals surface area contributed by atoms with Gasteiger partial charge in [0.1, 0.15) is 0 Å². The molecule has 90 valence electrons. The van der Waals surface area contributed by atoms with Gasteiger partial charge in [0.15, 0.2) is 5.58 Å². The van der Waals surface area contributed by atoms with Gasteiger partial charge in [-0.1, -0.05) is 12.1 Å². The Morgan fingerprint density at radius 2 is 2.00 bits per heavy atom. The van der Waals surface area contributed by atoms with Crippen molar-refractivity contribution in [3.8, 4) is 0 Å². The molecule has 4 nitrogen and oxygen atoms in total. The third-order valence-corrected chi connectivity index (χ3v) is 2.04. The molecule has 7 heteroatoms. The van der Waals surface area contributed by atoms with Crippen LogP contribution < -0.4 is 5.68 Å². The lowest BCUT2D eigenvalue weighted by Crippen LogP contribution is -2.24. The molecule has 2 rings (SSSR count). The fraction of sp³-hybridized carbons (Fsp3) is 0.200. The van der Waals surface area contributed by atoms with E-state index in [2.05, 4.69) is 4.99 Å². The normalized spacial score (nSPS) is 13.3. The third-order valence-electron chi connectivity index (χ3n) is 2.04. The second-order valence-electron chi connectivity index (χ2n) is 3.29. The van der Waals surface area contributed by atoms with Crippen molar-refractivity contribution in [2.75, 3.05) is 0 Å². The van der Waals surface area contributed by atoms with Gasteiger partial charge in [0.2, 0.25) is 5.91 Å². The van der Waals surface area contributed by atoms with Crippen LogP contribution in [0.5, 0.6) is 0 Å². The van der Waals surface area contributed by atoms with E-state index < -0.39 is 17.9 Å². The van der Waals surface area contributed by atoms with Crippen molar-refractivity contribution in [2.45, 2.75) is 13.2 Å². The Morgan fingerprint density at radius 3 is 2.59 bits per heavy atom. The molecule has 0 N–H and O–H groups in total. The van der Waals surface area contributed by atoms with Crippen LogP contribution in [0.2, 0.25) is 0 Å². The van der Waals surface area contributed by atoms with Crippen molar-refractivity contribution >= 4 is 17.0 Å². The highest BCUT2D eigenvalue weighted by molar-refractivity contribution is 5.87. The molecular formula is C10H7F3N2O2. The molecule has 0 unspecified atom stereocenters. The Kier molecular flexibility index (Phi) is 2.53. The standard InChI is InChI=1S/C10H7F3N2O2/c1-6(16)15-7-4-2-3-5-8(7)17-9(15)14-10(11,12)13/h2-5H,1H3. The van der Waals surface area contributed by atoms with Gasteiger partial charge in [-0.05, 0) is 12.1 Å². The Balaban J connectivity index is 2.84. The molecule has 0 bridgehead atoms. The van der Waals surface area contributed by atoms with E-state index in [0.29, 0.717) is 0 Å². The summed E-state index contributed by atoms with van der Waals surface area (Å²) in [6, 6.07) is 6.13. The van der Waals surface area contributed by atoms with Crippen molar-refractivity contribution in [3.63, 3.8) is 0 Å². The molecule has 0 saturated heterocycles. The summed E-state index contributed by atoms with van der Waals surface area (Å²) in [5.41, 5.74) is -0.347. The van der Waals surface area contributed by atoms with Crippen LogP contribution in [0.1, 0.15) is 11.7 Å². The van der Waals surface area contributed by atoms with E-state index in [0.717, 1.165) is 11.5 Å². The number of benzene rings is 1. The minimum absolute atomic E-state index is 0.172. The second kappa shape index (κ2) is 3.76. The highest BCUT2D eigenvalue weighted by Gasteiger charge is 2.28. The van der Waals surface area contributed by atoms with Gasteiger partial charge in [-0.15, -0.1) is 18.2 Å². The minimum Gasteiger partial charge on any atom is -0.423 e. The summed E-state index contributed by atoms with van der Waals surface area (Å²) in [6.07, 6.45) is -4.79. The van der Waals surface area contributed by atoms with E-state index in [1.165, 1.54) is 12.1 Å². The first kappa shape index (κ1) is 11.4. The molecule has 0 aliphatic carbocycles. The molecule has 17 heavy (non-hydrogen) atoms. The van der Waals surface area contributed by atoms with Gasteiger partial charge >= 0.3 is 12.0 Å². The van der Waals surface area contributed by atoms with Gasteiger partial charge in [-0.3, -0.25) is 4.79 Å². The average molecular weight is 244 g/mol. The van der Waals surface area contributed by atoms with E-state index in [1.807, 2.05) is 0 Å². The molecule has 0 saturated carbocycles. The van der Waals surface area contributed by atoms with Gasteiger partial charge in [-0.25, -0.2) is 4.57 Å². The summed E-state index contributed by atoms with van der Waals surface area (Å²) >= 11 is 0. The van der Waals surface area contributed by atoms with Crippen LogP contribution in [-0.4, -0.2) is 16.8 Å². The summed E-state index contributed by atoms with van der Waals surface area (Å²) < 4.78 is 42.2. The van der Waals surface area contributed by atoms with Crippen LogP contribution in [0, 0.1) is 0 Å². The number of oxazole rings is 1. The number of hydrogen-bond donors (Lipinski definition) is 0. The van der Waals surface area contributed by atoms with E-state index in [-0.39, 0.29) is 11.1 Å². The quantitative estimate of drug-likeness (QED) is 0.667. The van der Waals surface area contributed by atoms with Gasteiger partial charge in [0.05, 0.1) is 5.52 Å². The largest absolute Gasteiger partial charge is 0.507 e. The minimum atomic E-state index is -4.79. The van der Waals surface area contributed by atoms with E-state index in [4.69, 9.17) is 4.42 Å². The van der Waals surface area contributed by atoms with E-state index >= 15 is 0 Å². The maximum atomic E-state index is 12.2. The summed E-state index contributed by atoms with van der Waals surface area (Å²) in [4.78, 5) is 13.7. The number of hydrogen-bond acceptors (Lipinski definition) is 3. The highest BCUT2D eigenvalue weighted by atomic mass is 19.4. The first-order valence-corrected chi connectivity index (χ1v) is 4.62. The maximum Gasteiger partial charge on any atom is 0.507 e. The van der Waals surface area contributed by atoms with Crippen LogP contribution in [0.3, 0.4) is 0 Å². The smallest absolute Gasteiger partial charge is 0.423 e. The van der Waals surface area contributed by atoms with Crippen molar-refractivity contribution in [3.05, 3.63) is 29.9 Å². The molecular weight excluding hydrogens is 237 g/mol. The number of para-hydroxylation sites is 2. The predicted octanol–water partition coefficient (Wildman–Crippen LogP) is 2.31. The molecule has 0 atom stereocenters. The van der Waals surface area contributed by atoms with Crippen molar-refractivity contribution in [1.82, 2.24) is 4.57 Å². The zero-order valence-corrected chi connectivity index (χ0v) is 8.65. The Bertz CT molecular complexity index is 637. The molecule has 0 aliphatic heterocycles. The summed E-state index contributed by atoms with van der Waals surface area (Å²) in [6.45, 7) is 1.14. The molecule has 0 spiro atoms. The topological polar surface area (TPSA) is 47.5 Å². The van der Waals surface area contributed by atoms with Crippen molar-refractivity contribution in [1.29, 1.82) is 0 Å². The summed E-state index contributed by atoms with van der Waals surface area (Å²) in [7, 11) is 0. The van der Waals surface area contributed by atoms with Gasteiger partial charge in [-0.2, -0.15) is 0 Å². The Morgan fingerprint density at radius 1 is 1.35 bits per heavy atom. The van der Waals surface area contributed by atoms with Crippen molar-refractivity contribution in [2.24, 2.45) is 4.99 Å². The molecule has 0 fully saturated rings. The molecule has 0 amide bonds. The molecule has 1 aromatic carbocycles. The van der Waals surface area contributed by atoms with Gasteiger partial charge in [0, 0.05) is 6.92 Å². The molecule has 1 heterocycles. The molecule has 1 aromatic heterocycles. The number of halogens is 3. The van der Waals surface area contributed by atoms with Gasteiger partial charge < -0.3 is 4.42 Å². The second-order valence-corrected chi connectivity index (χ2v) is 3.29. The lowest BCUT2D eigenvalue weighted by Gasteiger charge is -1.97. The first-order chi connectivity index (χ1) is 7.88. The number of alkyl halides is 3. The number of carbonyl (C=O) groups excluding carboxylic acids is 1. The first-order valence-electron chi connectivity index (χ1n) is 4.62. The Labute approximate surface area is 93.0 Å². The average Bonchev–Trinajstić information content (AvgIpc) is 2.51. The van der Waals surface area contributed by atoms with Crippen molar-refractivity contribution < 1.29 is 22.4 Å². The fourth-order valence-corrected chi connectivity index (χ4v) is 1.46. The number of rotatable bonds is 0. The molecule has 0 aliphatic rings. The monoisotopic (exact) mass is 244 g/mol. The lowest BCUT2D eigenvalue weighted by molar-refractivity contribution is -0.125. The predicted molar refractivity (Wildman–Crippen MR) is 52.1 cm³/mol. The highest BCUT2D eigenvalue weighted by Crippen LogP contribution is 2.17. The zero-order valence-electron chi connectivity index (χ0n) is 8.65. The number of aromatic nitrogens is 1. The van der Waals surface area contributed by atoms with Crippen LogP contribution >= 0.6 is 0 Å². The fourth-order valence-electron chi connectivity index (χ4n) is 1.46. The van der Waals surface area contributed by atoms with Crippen LogP contribution in [-0.2, 0) is 0 Å². The van der Waals surface area contributed by atoms with Crippen LogP contribution in [0.25, 0.3) is 11.1 Å². The number of fused-ring (bicyclic) bond motifs is 1. The number of carbonyl (C=O) groups is 1. The third kappa shape index (κ3) is 2.22. The lowest BCUT2D eigenvalue weighted by atomic mass is 10.3. The zero-order chi connectivity index (χ0) is 12.6. The van der Waals surface area contributed by atoms with Gasteiger partial charge in [0.25, 0.3) is 0 Å². The SMILES string of the molecule is CC(=O)n1c(=NC(F)(F)F)oc2ccccc21. The Hall–Kier alpha value is -2.05.